The average molecular weight is 338 g/mol. The maximum Gasteiger partial charge on any atom is 0.312 e. The fourth-order valence-electron chi connectivity index (χ4n) is 2.26. The molecule has 0 spiro atoms. The fraction of sp³-hybridized carbons (Fsp3) is 0.462. The fourth-order valence-corrected chi connectivity index (χ4v) is 2.45. The lowest BCUT2D eigenvalue weighted by Crippen LogP contribution is -2.38. The summed E-state index contributed by atoms with van der Waals surface area (Å²) < 4.78 is 19.0. The summed E-state index contributed by atoms with van der Waals surface area (Å²) in [7, 11) is 0. The van der Waals surface area contributed by atoms with Gasteiger partial charge in [0.05, 0.1) is 17.7 Å². The molecule has 8 heteroatoms. The molecule has 0 aromatic heterocycles. The summed E-state index contributed by atoms with van der Waals surface area (Å²) in [6, 6.07) is 3.95. The largest absolute Gasteiger partial charge is 0.372 e. The Bertz CT molecular complexity index is 490. The number of halogens is 3. The van der Waals surface area contributed by atoms with E-state index >= 15 is 0 Å². The maximum atomic E-state index is 13.2. The Kier molecular flexibility index (Phi) is 7.17. The first-order valence-electron chi connectivity index (χ1n) is 6.38. The highest BCUT2D eigenvalue weighted by Gasteiger charge is 2.26. The first kappa shape index (κ1) is 18.0. The van der Waals surface area contributed by atoms with Crippen LogP contribution in [0.25, 0.3) is 0 Å². The van der Waals surface area contributed by atoms with Gasteiger partial charge in [-0.25, -0.2) is 9.18 Å². The van der Waals surface area contributed by atoms with Crippen LogP contribution in [-0.2, 0) is 4.74 Å². The van der Waals surface area contributed by atoms with E-state index in [-0.39, 0.29) is 29.5 Å². The van der Waals surface area contributed by atoms with Gasteiger partial charge in [-0.15, -0.1) is 12.4 Å². The predicted molar refractivity (Wildman–Crippen MR) is 81.3 cm³/mol. The first-order valence-corrected chi connectivity index (χ1v) is 6.76. The smallest absolute Gasteiger partial charge is 0.312 e. The third-order valence-electron chi connectivity index (χ3n) is 3.22. The van der Waals surface area contributed by atoms with Crippen molar-refractivity contribution in [2.24, 2.45) is 11.7 Å². The summed E-state index contributed by atoms with van der Waals surface area (Å²) in [6.07, 6.45) is -0.269. The van der Waals surface area contributed by atoms with Crippen LogP contribution >= 0.6 is 24.0 Å². The van der Waals surface area contributed by atoms with E-state index in [1.54, 1.807) is 12.1 Å². The van der Waals surface area contributed by atoms with Gasteiger partial charge in [0.25, 0.3) is 0 Å². The molecule has 2 amide bonds. The van der Waals surface area contributed by atoms with E-state index in [1.807, 2.05) is 0 Å². The van der Waals surface area contributed by atoms with Gasteiger partial charge < -0.3 is 21.1 Å². The number of primary amides is 1. The Morgan fingerprint density at radius 2 is 2.33 bits per heavy atom. The summed E-state index contributed by atoms with van der Waals surface area (Å²) in [5.74, 6) is -0.472. The zero-order chi connectivity index (χ0) is 14.5. The highest BCUT2D eigenvalue weighted by Crippen LogP contribution is 2.29. The van der Waals surface area contributed by atoms with Gasteiger partial charge in [0.15, 0.2) is 0 Å². The van der Waals surface area contributed by atoms with Gasteiger partial charge in [-0.2, -0.15) is 0 Å². The molecule has 0 saturated carbocycles. The SMILES string of the molecule is Cl.NC(=O)NCC1CNCCOC1c1ccc(F)c(Cl)c1. The lowest BCUT2D eigenvalue weighted by Gasteiger charge is -2.25. The van der Waals surface area contributed by atoms with Crippen LogP contribution in [0.4, 0.5) is 9.18 Å². The zero-order valence-electron chi connectivity index (χ0n) is 11.3. The van der Waals surface area contributed by atoms with Crippen LogP contribution in [-0.4, -0.2) is 32.3 Å². The molecule has 1 saturated heterocycles. The van der Waals surface area contributed by atoms with Crippen molar-refractivity contribution in [3.8, 4) is 0 Å². The van der Waals surface area contributed by atoms with Gasteiger partial charge >= 0.3 is 6.03 Å². The summed E-state index contributed by atoms with van der Waals surface area (Å²) in [5, 5.41) is 5.86. The molecule has 1 aromatic carbocycles. The van der Waals surface area contributed by atoms with Crippen molar-refractivity contribution < 1.29 is 13.9 Å². The topological polar surface area (TPSA) is 76.4 Å². The molecule has 1 aromatic rings. The minimum Gasteiger partial charge on any atom is -0.372 e. The molecule has 118 valence electrons. The van der Waals surface area contributed by atoms with Crippen molar-refractivity contribution in [2.45, 2.75) is 6.10 Å². The molecular formula is C13H18Cl2FN3O2. The van der Waals surface area contributed by atoms with Crippen molar-refractivity contribution in [2.75, 3.05) is 26.2 Å². The van der Waals surface area contributed by atoms with E-state index in [1.165, 1.54) is 6.07 Å². The quantitative estimate of drug-likeness (QED) is 0.787. The van der Waals surface area contributed by atoms with Gasteiger partial charge in [0, 0.05) is 25.6 Å². The van der Waals surface area contributed by atoms with Gasteiger partial charge in [-0.1, -0.05) is 17.7 Å². The van der Waals surface area contributed by atoms with Crippen molar-refractivity contribution in [1.29, 1.82) is 0 Å². The molecule has 1 fully saturated rings. The van der Waals surface area contributed by atoms with Gasteiger partial charge in [-0.3, -0.25) is 0 Å². The van der Waals surface area contributed by atoms with Crippen molar-refractivity contribution in [1.82, 2.24) is 10.6 Å². The highest BCUT2D eigenvalue weighted by atomic mass is 35.5. The maximum absolute atomic E-state index is 13.2. The summed E-state index contributed by atoms with van der Waals surface area (Å²) in [5.41, 5.74) is 5.88. The molecule has 2 atom stereocenters. The number of nitrogens with two attached hydrogens (primary N) is 1. The standard InChI is InChI=1S/C13H17ClFN3O2.ClH/c14-10-5-8(1-2-11(10)15)12-9(7-18-13(16)19)6-17-3-4-20-12;/h1-2,5,9,12,17H,3-4,6-7H2,(H3,16,18,19);1H. The van der Waals surface area contributed by atoms with E-state index < -0.39 is 11.8 Å². The average Bonchev–Trinajstić information content (AvgIpc) is 2.65. The number of carbonyl (C=O) groups excluding carboxylic acids is 1. The van der Waals surface area contributed by atoms with Crippen molar-refractivity contribution >= 4 is 30.0 Å². The third kappa shape index (κ3) is 5.00. The van der Waals surface area contributed by atoms with Gasteiger partial charge in [0.1, 0.15) is 5.82 Å². The van der Waals surface area contributed by atoms with Crippen LogP contribution < -0.4 is 16.4 Å². The number of rotatable bonds is 3. The van der Waals surface area contributed by atoms with Gasteiger partial charge in [0.2, 0.25) is 0 Å². The molecule has 21 heavy (non-hydrogen) atoms. The van der Waals surface area contributed by atoms with Crippen LogP contribution in [0.1, 0.15) is 11.7 Å². The lowest BCUT2D eigenvalue weighted by molar-refractivity contribution is 0.0315. The van der Waals surface area contributed by atoms with E-state index in [9.17, 15) is 9.18 Å². The van der Waals surface area contributed by atoms with Crippen LogP contribution in [0.15, 0.2) is 18.2 Å². The lowest BCUT2D eigenvalue weighted by atomic mass is 9.95. The second-order valence-electron chi connectivity index (χ2n) is 4.67. The molecule has 0 radical (unpaired) electrons. The minimum absolute atomic E-state index is 0. The normalized spacial score (nSPS) is 22.0. The number of urea groups is 1. The van der Waals surface area contributed by atoms with Gasteiger partial charge in [-0.05, 0) is 17.7 Å². The Morgan fingerprint density at radius 1 is 1.57 bits per heavy atom. The third-order valence-corrected chi connectivity index (χ3v) is 3.51. The molecule has 2 rings (SSSR count). The molecule has 0 aliphatic carbocycles. The Balaban J connectivity index is 0.00000220. The molecule has 1 aliphatic rings. The highest BCUT2D eigenvalue weighted by molar-refractivity contribution is 6.30. The van der Waals surface area contributed by atoms with Crippen LogP contribution in [0.3, 0.4) is 0 Å². The molecule has 1 heterocycles. The van der Waals surface area contributed by atoms with Crippen LogP contribution in [0.2, 0.25) is 5.02 Å². The molecule has 4 N–H and O–H groups in total. The zero-order valence-corrected chi connectivity index (χ0v) is 12.8. The molecule has 2 unspecified atom stereocenters. The number of hydrogen-bond acceptors (Lipinski definition) is 3. The number of amides is 2. The molecular weight excluding hydrogens is 320 g/mol. The van der Waals surface area contributed by atoms with Crippen LogP contribution in [0.5, 0.6) is 0 Å². The van der Waals surface area contributed by atoms with E-state index in [4.69, 9.17) is 22.1 Å². The number of hydrogen-bond donors (Lipinski definition) is 3. The summed E-state index contributed by atoms with van der Waals surface area (Å²) in [6.45, 7) is 2.30. The molecule has 1 aliphatic heterocycles. The Hall–Kier alpha value is -1.08. The van der Waals surface area contributed by atoms with Crippen LogP contribution in [0, 0.1) is 11.7 Å². The first-order chi connectivity index (χ1) is 9.58. The minimum atomic E-state index is -0.579. The second kappa shape index (κ2) is 8.38. The Morgan fingerprint density at radius 3 is 3.00 bits per heavy atom. The molecule has 5 nitrogen and oxygen atoms in total. The van der Waals surface area contributed by atoms with Crippen molar-refractivity contribution in [3.63, 3.8) is 0 Å². The monoisotopic (exact) mass is 337 g/mol. The summed E-state index contributed by atoms with van der Waals surface area (Å²) in [4.78, 5) is 10.8. The number of ether oxygens (including phenoxy) is 1. The Labute approximate surface area is 133 Å². The van der Waals surface area contributed by atoms with E-state index in [0.29, 0.717) is 19.7 Å². The number of benzene rings is 1. The summed E-state index contributed by atoms with van der Waals surface area (Å²) >= 11 is 5.81. The number of nitrogens with one attached hydrogen (secondary N) is 2. The predicted octanol–water partition coefficient (Wildman–Crippen LogP) is 1.85. The van der Waals surface area contributed by atoms with Crippen molar-refractivity contribution in [3.05, 3.63) is 34.6 Å². The van der Waals surface area contributed by atoms with E-state index in [0.717, 1.165) is 12.1 Å². The second-order valence-corrected chi connectivity index (χ2v) is 5.08. The number of carbonyl (C=O) groups is 1. The van der Waals surface area contributed by atoms with E-state index in [2.05, 4.69) is 10.6 Å². The molecule has 0 bridgehead atoms.